The number of nitrogens with zero attached hydrogens (tertiary/aromatic N) is 2. The van der Waals surface area contributed by atoms with Crippen LogP contribution >= 0.6 is 11.3 Å². The summed E-state index contributed by atoms with van der Waals surface area (Å²) in [5.74, 6) is -0.990. The van der Waals surface area contributed by atoms with Gasteiger partial charge in [0.15, 0.2) is 0 Å². The van der Waals surface area contributed by atoms with Crippen molar-refractivity contribution in [2.45, 2.75) is 19.1 Å². The number of hydrogen-bond acceptors (Lipinski definition) is 4. The molecular formula is C16H18N2O4S. The lowest BCUT2D eigenvalue weighted by atomic mass is 10.2. The van der Waals surface area contributed by atoms with Gasteiger partial charge in [-0.15, -0.1) is 11.3 Å². The van der Waals surface area contributed by atoms with E-state index in [1.165, 1.54) is 4.88 Å². The monoisotopic (exact) mass is 334 g/mol. The quantitative estimate of drug-likeness (QED) is 0.907. The number of carbonyl (C=O) groups is 2. The number of amides is 1. The standard InChI is InChI=1S/C16H18N2O4S/c19-15(20)9-12-10-18(6-7-22-12)16(21)14-4-1-5-17(14)11-13-3-2-8-23-13/h1-5,8,12H,6-7,9-11H2,(H,19,20). The Morgan fingerprint density at radius 1 is 1.35 bits per heavy atom. The molecule has 1 atom stereocenters. The van der Waals surface area contributed by atoms with Crippen molar-refractivity contribution in [1.29, 1.82) is 0 Å². The largest absolute Gasteiger partial charge is 0.481 e. The summed E-state index contributed by atoms with van der Waals surface area (Å²) in [5, 5.41) is 10.9. The van der Waals surface area contributed by atoms with E-state index in [1.54, 1.807) is 22.3 Å². The highest BCUT2D eigenvalue weighted by Gasteiger charge is 2.27. The van der Waals surface area contributed by atoms with Gasteiger partial charge in [0.25, 0.3) is 5.91 Å². The van der Waals surface area contributed by atoms with E-state index >= 15 is 0 Å². The van der Waals surface area contributed by atoms with Crippen molar-refractivity contribution in [1.82, 2.24) is 9.47 Å². The third-order valence-electron chi connectivity index (χ3n) is 3.78. The minimum Gasteiger partial charge on any atom is -0.481 e. The molecule has 7 heteroatoms. The smallest absolute Gasteiger partial charge is 0.306 e. The van der Waals surface area contributed by atoms with Crippen LogP contribution in [0.1, 0.15) is 21.8 Å². The Balaban J connectivity index is 1.70. The van der Waals surface area contributed by atoms with Crippen molar-refractivity contribution in [3.63, 3.8) is 0 Å². The Bertz CT molecular complexity index is 680. The summed E-state index contributed by atoms with van der Waals surface area (Å²) >= 11 is 1.65. The zero-order chi connectivity index (χ0) is 16.2. The molecule has 6 nitrogen and oxygen atoms in total. The Hall–Kier alpha value is -2.12. The van der Waals surface area contributed by atoms with Gasteiger partial charge in [0.1, 0.15) is 5.69 Å². The van der Waals surface area contributed by atoms with Crippen LogP contribution in [0.15, 0.2) is 35.8 Å². The van der Waals surface area contributed by atoms with Gasteiger partial charge in [-0.25, -0.2) is 0 Å². The minimum atomic E-state index is -0.912. The Morgan fingerprint density at radius 3 is 2.96 bits per heavy atom. The first-order valence-corrected chi connectivity index (χ1v) is 8.31. The summed E-state index contributed by atoms with van der Waals surface area (Å²) in [6.07, 6.45) is 1.37. The van der Waals surface area contributed by atoms with Crippen LogP contribution in [0.25, 0.3) is 0 Å². The molecule has 1 aliphatic heterocycles. The van der Waals surface area contributed by atoms with Crippen LogP contribution in [-0.2, 0) is 16.1 Å². The van der Waals surface area contributed by atoms with Crippen molar-refractivity contribution in [2.24, 2.45) is 0 Å². The van der Waals surface area contributed by atoms with E-state index in [9.17, 15) is 9.59 Å². The average molecular weight is 334 g/mol. The van der Waals surface area contributed by atoms with E-state index in [0.29, 0.717) is 31.9 Å². The SMILES string of the molecule is O=C(O)CC1CN(C(=O)c2cccn2Cc2cccs2)CCO1. The number of aromatic nitrogens is 1. The lowest BCUT2D eigenvalue weighted by molar-refractivity contribution is -0.141. The number of carbonyl (C=O) groups excluding carboxylic acids is 1. The third-order valence-corrected chi connectivity index (χ3v) is 4.64. The van der Waals surface area contributed by atoms with Gasteiger partial charge >= 0.3 is 5.97 Å². The number of aliphatic carboxylic acids is 1. The summed E-state index contributed by atoms with van der Waals surface area (Å²) in [4.78, 5) is 26.4. The molecule has 2 aromatic heterocycles. The van der Waals surface area contributed by atoms with E-state index < -0.39 is 12.1 Å². The molecule has 0 aromatic carbocycles. The molecule has 0 radical (unpaired) electrons. The molecule has 1 N–H and O–H groups in total. The maximum absolute atomic E-state index is 12.7. The molecule has 2 aromatic rings. The molecule has 1 unspecified atom stereocenters. The predicted molar refractivity (Wildman–Crippen MR) is 85.7 cm³/mol. The number of ether oxygens (including phenoxy) is 1. The molecule has 122 valence electrons. The van der Waals surface area contributed by atoms with Crippen molar-refractivity contribution >= 4 is 23.2 Å². The number of thiophene rings is 1. The van der Waals surface area contributed by atoms with Crippen LogP contribution in [-0.4, -0.2) is 52.3 Å². The molecule has 1 fully saturated rings. The second-order valence-corrected chi connectivity index (χ2v) is 6.47. The van der Waals surface area contributed by atoms with Gasteiger partial charge in [0, 0.05) is 24.2 Å². The van der Waals surface area contributed by atoms with E-state index in [0.717, 1.165) is 0 Å². The maximum Gasteiger partial charge on any atom is 0.306 e. The van der Waals surface area contributed by atoms with Crippen molar-refractivity contribution < 1.29 is 19.4 Å². The Labute approximate surface area is 137 Å². The first kappa shape index (κ1) is 15.8. The normalized spacial score (nSPS) is 18.1. The second-order valence-electron chi connectivity index (χ2n) is 5.44. The number of carboxylic acids is 1. The van der Waals surface area contributed by atoms with E-state index in [4.69, 9.17) is 9.84 Å². The molecule has 3 heterocycles. The van der Waals surface area contributed by atoms with Crippen LogP contribution in [0.2, 0.25) is 0 Å². The number of rotatable bonds is 5. The predicted octanol–water partition coefficient (Wildman–Crippen LogP) is 1.91. The zero-order valence-corrected chi connectivity index (χ0v) is 13.4. The summed E-state index contributed by atoms with van der Waals surface area (Å²) in [7, 11) is 0. The lowest BCUT2D eigenvalue weighted by Gasteiger charge is -2.32. The van der Waals surface area contributed by atoms with Crippen LogP contribution < -0.4 is 0 Å². The molecule has 0 saturated carbocycles. The number of hydrogen-bond donors (Lipinski definition) is 1. The van der Waals surface area contributed by atoms with E-state index in [2.05, 4.69) is 0 Å². The number of carboxylic acid groups (broad SMARTS) is 1. The van der Waals surface area contributed by atoms with Crippen LogP contribution in [0, 0.1) is 0 Å². The Kier molecular flexibility index (Phi) is 4.78. The van der Waals surface area contributed by atoms with Gasteiger partial charge in [-0.05, 0) is 23.6 Å². The van der Waals surface area contributed by atoms with Crippen LogP contribution in [0.4, 0.5) is 0 Å². The van der Waals surface area contributed by atoms with Crippen molar-refractivity contribution in [3.05, 3.63) is 46.4 Å². The van der Waals surface area contributed by atoms with Gasteiger partial charge in [0.2, 0.25) is 0 Å². The molecular weight excluding hydrogens is 316 g/mol. The fourth-order valence-corrected chi connectivity index (χ4v) is 3.40. The summed E-state index contributed by atoms with van der Waals surface area (Å²) in [6, 6.07) is 7.69. The van der Waals surface area contributed by atoms with Gasteiger partial charge in [-0.3, -0.25) is 9.59 Å². The molecule has 0 aliphatic carbocycles. The van der Waals surface area contributed by atoms with E-state index in [1.807, 2.05) is 34.3 Å². The van der Waals surface area contributed by atoms with Gasteiger partial charge < -0.3 is 19.3 Å². The first-order valence-electron chi connectivity index (χ1n) is 7.43. The zero-order valence-electron chi connectivity index (χ0n) is 12.6. The highest BCUT2D eigenvalue weighted by Crippen LogP contribution is 2.16. The minimum absolute atomic E-state index is 0.0785. The summed E-state index contributed by atoms with van der Waals surface area (Å²) in [6.45, 7) is 1.83. The molecule has 1 saturated heterocycles. The van der Waals surface area contributed by atoms with Crippen molar-refractivity contribution in [3.8, 4) is 0 Å². The summed E-state index contributed by atoms with van der Waals surface area (Å²) < 4.78 is 7.35. The highest BCUT2D eigenvalue weighted by atomic mass is 32.1. The fraction of sp³-hybridized carbons (Fsp3) is 0.375. The van der Waals surface area contributed by atoms with Crippen LogP contribution in [0.5, 0.6) is 0 Å². The van der Waals surface area contributed by atoms with E-state index in [-0.39, 0.29) is 12.3 Å². The van der Waals surface area contributed by atoms with Crippen LogP contribution in [0.3, 0.4) is 0 Å². The topological polar surface area (TPSA) is 71.8 Å². The summed E-state index contributed by atoms with van der Waals surface area (Å²) in [5.41, 5.74) is 0.620. The van der Waals surface area contributed by atoms with Gasteiger partial charge in [0.05, 0.1) is 25.7 Å². The molecule has 1 amide bonds. The first-order chi connectivity index (χ1) is 11.1. The van der Waals surface area contributed by atoms with Crippen molar-refractivity contribution in [2.75, 3.05) is 19.7 Å². The lowest BCUT2D eigenvalue weighted by Crippen LogP contribution is -2.46. The molecule has 0 spiro atoms. The molecule has 0 bridgehead atoms. The molecule has 1 aliphatic rings. The van der Waals surface area contributed by atoms with Gasteiger partial charge in [-0.2, -0.15) is 0 Å². The highest BCUT2D eigenvalue weighted by molar-refractivity contribution is 7.09. The third kappa shape index (κ3) is 3.80. The number of morpholine rings is 1. The molecule has 23 heavy (non-hydrogen) atoms. The molecule has 3 rings (SSSR count). The second kappa shape index (κ2) is 6.97. The fourth-order valence-electron chi connectivity index (χ4n) is 2.70. The Morgan fingerprint density at radius 2 is 2.22 bits per heavy atom. The average Bonchev–Trinajstić information content (AvgIpc) is 3.18. The van der Waals surface area contributed by atoms with Gasteiger partial charge in [-0.1, -0.05) is 6.07 Å². The maximum atomic E-state index is 12.7.